The fraction of sp³-hybridized carbons (Fsp3) is 0.364. The lowest BCUT2D eigenvalue weighted by Crippen LogP contribution is -2.41. The number of carbonyl (C=O) groups is 1. The van der Waals surface area contributed by atoms with Gasteiger partial charge in [0.1, 0.15) is 0 Å². The average molecular weight is 409 g/mol. The number of pyridine rings is 1. The summed E-state index contributed by atoms with van der Waals surface area (Å²) in [6.45, 7) is 5.06. The van der Waals surface area contributed by atoms with Gasteiger partial charge in [-0.3, -0.25) is 9.78 Å². The molecule has 0 spiro atoms. The highest BCUT2D eigenvalue weighted by Gasteiger charge is 2.30. The van der Waals surface area contributed by atoms with Gasteiger partial charge < -0.3 is 10.1 Å². The Morgan fingerprint density at radius 3 is 2.79 bits per heavy atom. The fourth-order valence-electron chi connectivity index (χ4n) is 3.71. The molecule has 1 amide bonds. The third kappa shape index (κ3) is 4.92. The van der Waals surface area contributed by atoms with Crippen molar-refractivity contribution < 1.29 is 9.53 Å². The monoisotopic (exact) mass is 408 g/mol. The molecule has 0 radical (unpaired) electrons. The molecule has 0 unspecified atom stereocenters. The molecule has 1 aliphatic heterocycles. The van der Waals surface area contributed by atoms with Crippen molar-refractivity contribution in [3.05, 3.63) is 59.5 Å². The van der Waals surface area contributed by atoms with Crippen LogP contribution in [0.4, 0.5) is 0 Å². The molecule has 0 saturated carbocycles. The van der Waals surface area contributed by atoms with Gasteiger partial charge >= 0.3 is 0 Å². The quantitative estimate of drug-likeness (QED) is 0.499. The maximum absolute atomic E-state index is 12.5. The summed E-state index contributed by atoms with van der Waals surface area (Å²) in [6.07, 6.45) is 2.70. The summed E-state index contributed by atoms with van der Waals surface area (Å²) >= 11 is 1.36. The van der Waals surface area contributed by atoms with Crippen molar-refractivity contribution in [3.63, 3.8) is 0 Å². The van der Waals surface area contributed by atoms with Crippen LogP contribution in [0.1, 0.15) is 17.0 Å². The molecule has 1 N–H and O–H groups in total. The molecule has 2 aromatic heterocycles. The zero-order chi connectivity index (χ0) is 20.2. The summed E-state index contributed by atoms with van der Waals surface area (Å²) in [7, 11) is 0. The first-order valence-corrected chi connectivity index (χ1v) is 10.7. The van der Waals surface area contributed by atoms with Gasteiger partial charge in [-0.15, -0.1) is 0 Å². The van der Waals surface area contributed by atoms with E-state index < -0.39 is 0 Å². The molecule has 2 atom stereocenters. The van der Waals surface area contributed by atoms with Gasteiger partial charge in [0.15, 0.2) is 5.16 Å². The number of amides is 1. The Kier molecular flexibility index (Phi) is 6.06. The molecule has 29 heavy (non-hydrogen) atoms. The Morgan fingerprint density at radius 2 is 1.97 bits per heavy atom. The number of aryl methyl sites for hydroxylation is 2. The van der Waals surface area contributed by atoms with E-state index >= 15 is 0 Å². The second kappa shape index (κ2) is 8.88. The van der Waals surface area contributed by atoms with Crippen LogP contribution in [0, 0.1) is 19.8 Å². The number of fused-ring (bicyclic) bond motifs is 1. The van der Waals surface area contributed by atoms with Gasteiger partial charge in [-0.2, -0.15) is 0 Å². The molecule has 7 heteroatoms. The van der Waals surface area contributed by atoms with Crippen LogP contribution in [0.25, 0.3) is 10.9 Å². The van der Waals surface area contributed by atoms with Crippen molar-refractivity contribution in [3.8, 4) is 0 Å². The molecule has 1 aliphatic rings. The van der Waals surface area contributed by atoms with Gasteiger partial charge in [0, 0.05) is 28.9 Å². The molecule has 0 aliphatic carbocycles. The third-order valence-corrected chi connectivity index (χ3v) is 5.91. The van der Waals surface area contributed by atoms with Crippen molar-refractivity contribution in [2.45, 2.75) is 31.5 Å². The zero-order valence-corrected chi connectivity index (χ0v) is 17.4. The van der Waals surface area contributed by atoms with Crippen LogP contribution in [0.3, 0.4) is 0 Å². The summed E-state index contributed by atoms with van der Waals surface area (Å²) in [4.78, 5) is 25.7. The number of thioether (sulfide) groups is 1. The molecule has 0 bridgehead atoms. The topological polar surface area (TPSA) is 77.0 Å². The first kappa shape index (κ1) is 19.8. The van der Waals surface area contributed by atoms with Crippen molar-refractivity contribution in [2.75, 3.05) is 19.0 Å². The molecule has 1 saturated heterocycles. The lowest BCUT2D eigenvalue weighted by molar-refractivity contribution is -0.119. The van der Waals surface area contributed by atoms with Crippen molar-refractivity contribution in [1.82, 2.24) is 20.3 Å². The van der Waals surface area contributed by atoms with Gasteiger partial charge in [0.25, 0.3) is 0 Å². The summed E-state index contributed by atoms with van der Waals surface area (Å²) in [5, 5.41) is 4.94. The molecule has 3 heterocycles. The second-order valence-electron chi connectivity index (χ2n) is 7.38. The summed E-state index contributed by atoms with van der Waals surface area (Å²) in [5.74, 6) is 0.523. The molecule has 150 valence electrons. The Bertz CT molecular complexity index is 1000. The van der Waals surface area contributed by atoms with Gasteiger partial charge in [-0.05, 0) is 44.0 Å². The van der Waals surface area contributed by atoms with Crippen LogP contribution in [0.5, 0.6) is 0 Å². The highest BCUT2D eigenvalue weighted by Crippen LogP contribution is 2.24. The van der Waals surface area contributed by atoms with Crippen LogP contribution in [0.2, 0.25) is 0 Å². The van der Waals surface area contributed by atoms with Crippen molar-refractivity contribution in [2.24, 2.45) is 5.92 Å². The van der Waals surface area contributed by atoms with E-state index in [1.807, 2.05) is 44.3 Å². The first-order chi connectivity index (χ1) is 14.1. The van der Waals surface area contributed by atoms with Gasteiger partial charge in [0.2, 0.25) is 5.91 Å². The number of hydrogen-bond acceptors (Lipinski definition) is 6. The van der Waals surface area contributed by atoms with Crippen LogP contribution < -0.4 is 5.32 Å². The molecule has 4 rings (SSSR count). The normalized spacial score (nSPS) is 18.8. The maximum Gasteiger partial charge on any atom is 0.230 e. The van der Waals surface area contributed by atoms with Crippen molar-refractivity contribution >= 4 is 28.6 Å². The predicted octanol–water partition coefficient (Wildman–Crippen LogP) is 3.11. The van der Waals surface area contributed by atoms with Crippen molar-refractivity contribution in [1.29, 1.82) is 0 Å². The first-order valence-electron chi connectivity index (χ1n) is 9.73. The third-order valence-electron chi connectivity index (χ3n) is 5.06. The maximum atomic E-state index is 12.5. The van der Waals surface area contributed by atoms with Gasteiger partial charge in [-0.1, -0.05) is 30.0 Å². The van der Waals surface area contributed by atoms with E-state index in [2.05, 4.69) is 32.4 Å². The van der Waals surface area contributed by atoms with E-state index in [0.29, 0.717) is 24.1 Å². The van der Waals surface area contributed by atoms with Gasteiger partial charge in [0.05, 0.1) is 30.5 Å². The molecule has 6 nitrogen and oxygen atoms in total. The molecule has 1 fully saturated rings. The fourth-order valence-corrected chi connectivity index (χ4v) is 4.47. The van der Waals surface area contributed by atoms with E-state index in [0.717, 1.165) is 28.7 Å². The summed E-state index contributed by atoms with van der Waals surface area (Å²) in [6, 6.07) is 12.1. The zero-order valence-electron chi connectivity index (χ0n) is 16.6. The lowest BCUT2D eigenvalue weighted by Gasteiger charge is -2.19. The number of carbonyl (C=O) groups excluding carboxylic acids is 1. The SMILES string of the molecule is Cc1cc(C)nc(SCC(=O)N[C@H]2COC[C@H]2Cc2ccnc3ccccc23)n1. The second-order valence-corrected chi connectivity index (χ2v) is 8.33. The number of benzene rings is 1. The number of nitrogens with one attached hydrogen (secondary N) is 1. The Morgan fingerprint density at radius 1 is 1.17 bits per heavy atom. The number of ether oxygens (including phenoxy) is 1. The predicted molar refractivity (Wildman–Crippen MR) is 114 cm³/mol. The number of nitrogens with zero attached hydrogens (tertiary/aromatic N) is 3. The van der Waals surface area contributed by atoms with E-state index in [1.165, 1.54) is 17.3 Å². The highest BCUT2D eigenvalue weighted by molar-refractivity contribution is 7.99. The highest BCUT2D eigenvalue weighted by atomic mass is 32.2. The lowest BCUT2D eigenvalue weighted by atomic mass is 9.93. The largest absolute Gasteiger partial charge is 0.379 e. The van der Waals surface area contributed by atoms with E-state index in [1.54, 1.807) is 0 Å². The molecular weight excluding hydrogens is 384 g/mol. The summed E-state index contributed by atoms with van der Waals surface area (Å²) in [5.41, 5.74) is 4.06. The molecular formula is C22H24N4O2S. The average Bonchev–Trinajstić information content (AvgIpc) is 3.12. The summed E-state index contributed by atoms with van der Waals surface area (Å²) < 4.78 is 5.69. The number of hydrogen-bond donors (Lipinski definition) is 1. The van der Waals surface area contributed by atoms with E-state index in [-0.39, 0.29) is 17.9 Å². The van der Waals surface area contributed by atoms with Crippen LogP contribution >= 0.6 is 11.8 Å². The minimum Gasteiger partial charge on any atom is -0.379 e. The number of para-hydroxylation sites is 1. The standard InChI is InChI=1S/C22H24N4O2S/c1-14-9-15(2)25-22(24-14)29-13-21(27)26-20-12-28-11-17(20)10-16-7-8-23-19-6-4-3-5-18(16)19/h3-9,17,20H,10-13H2,1-2H3,(H,26,27)/t17-,20+/m1/s1. The Hall–Kier alpha value is -2.51. The molecule has 1 aromatic carbocycles. The smallest absolute Gasteiger partial charge is 0.230 e. The number of aromatic nitrogens is 3. The van der Waals surface area contributed by atoms with E-state index in [4.69, 9.17) is 4.74 Å². The minimum atomic E-state index is -0.0159. The van der Waals surface area contributed by atoms with Crippen LogP contribution in [-0.4, -0.2) is 45.9 Å². The van der Waals surface area contributed by atoms with E-state index in [9.17, 15) is 4.79 Å². The minimum absolute atomic E-state index is 0.00944. The van der Waals surface area contributed by atoms with Gasteiger partial charge in [-0.25, -0.2) is 9.97 Å². The van der Waals surface area contributed by atoms with Crippen LogP contribution in [-0.2, 0) is 16.0 Å². The van der Waals surface area contributed by atoms with Crippen LogP contribution in [0.15, 0.2) is 47.8 Å². The molecule has 3 aromatic rings. The Labute approximate surface area is 174 Å². The Balaban J connectivity index is 1.37. The number of rotatable bonds is 6.